The number of benzene rings is 2. The quantitative estimate of drug-likeness (QED) is 0.850. The molecule has 2 heterocycles. The van der Waals surface area contributed by atoms with Crippen LogP contribution >= 0.6 is 0 Å². The third-order valence-electron chi connectivity index (χ3n) is 5.53. The Balaban J connectivity index is 1.51. The van der Waals surface area contributed by atoms with E-state index >= 15 is 0 Å². The monoisotopic (exact) mass is 350 g/mol. The summed E-state index contributed by atoms with van der Waals surface area (Å²) in [5.74, 6) is 0.207. The molecule has 2 aromatic rings. The molecule has 0 N–H and O–H groups in total. The molecule has 4 heteroatoms. The lowest BCUT2D eigenvalue weighted by molar-refractivity contribution is -0.133. The first-order valence-electron chi connectivity index (χ1n) is 9.42. The first-order valence-corrected chi connectivity index (χ1v) is 9.42. The number of carbonyl (C=O) groups excluding carboxylic acids is 1. The van der Waals surface area contributed by atoms with Gasteiger partial charge in [-0.1, -0.05) is 54.6 Å². The van der Waals surface area contributed by atoms with Crippen molar-refractivity contribution in [2.45, 2.75) is 38.6 Å². The first kappa shape index (κ1) is 17.3. The fraction of sp³-hybridized carbons (Fsp3) is 0.409. The highest BCUT2D eigenvalue weighted by molar-refractivity contribution is 5.77. The van der Waals surface area contributed by atoms with E-state index in [9.17, 15) is 4.79 Å². The predicted molar refractivity (Wildman–Crippen MR) is 102 cm³/mol. The van der Waals surface area contributed by atoms with Crippen LogP contribution < -0.4 is 0 Å². The van der Waals surface area contributed by atoms with Gasteiger partial charge in [-0.3, -0.25) is 9.69 Å². The maximum atomic E-state index is 12.7. The minimum Gasteiger partial charge on any atom is -0.374 e. The number of hydrogen-bond acceptors (Lipinski definition) is 3. The second-order valence-electron chi connectivity index (χ2n) is 7.35. The summed E-state index contributed by atoms with van der Waals surface area (Å²) in [6.07, 6.45) is 0.589. The number of hydrogen-bond donors (Lipinski definition) is 0. The zero-order valence-electron chi connectivity index (χ0n) is 15.3. The Morgan fingerprint density at radius 2 is 1.77 bits per heavy atom. The molecule has 2 atom stereocenters. The van der Waals surface area contributed by atoms with E-state index in [-0.39, 0.29) is 18.1 Å². The summed E-state index contributed by atoms with van der Waals surface area (Å²) in [6, 6.07) is 18.9. The molecule has 0 aromatic heterocycles. The molecule has 2 aliphatic rings. The van der Waals surface area contributed by atoms with Gasteiger partial charge >= 0.3 is 0 Å². The molecule has 26 heavy (non-hydrogen) atoms. The fourth-order valence-electron chi connectivity index (χ4n) is 4.07. The molecule has 0 radical (unpaired) electrons. The highest BCUT2D eigenvalue weighted by Gasteiger charge is 2.41. The molecule has 0 unspecified atom stereocenters. The van der Waals surface area contributed by atoms with E-state index in [1.807, 2.05) is 23.1 Å². The molecular formula is C22H26N2O2. The number of aryl methyl sites for hydroxylation is 1. The molecule has 4 rings (SSSR count). The summed E-state index contributed by atoms with van der Waals surface area (Å²) < 4.78 is 6.06. The van der Waals surface area contributed by atoms with E-state index in [1.54, 1.807) is 0 Å². The van der Waals surface area contributed by atoms with Gasteiger partial charge < -0.3 is 9.64 Å². The lowest BCUT2D eigenvalue weighted by Gasteiger charge is -2.30. The lowest BCUT2D eigenvalue weighted by atomic mass is 10.1. The summed E-state index contributed by atoms with van der Waals surface area (Å²) in [5.41, 5.74) is 3.85. The van der Waals surface area contributed by atoms with E-state index in [0.29, 0.717) is 19.6 Å². The van der Waals surface area contributed by atoms with Crippen LogP contribution in [0.4, 0.5) is 0 Å². The third kappa shape index (κ3) is 3.67. The summed E-state index contributed by atoms with van der Waals surface area (Å²) in [6.45, 7) is 6.03. The van der Waals surface area contributed by atoms with E-state index in [1.165, 1.54) is 16.7 Å². The molecule has 2 aromatic carbocycles. The van der Waals surface area contributed by atoms with Crippen molar-refractivity contribution in [1.29, 1.82) is 0 Å². The summed E-state index contributed by atoms with van der Waals surface area (Å²) >= 11 is 0. The summed E-state index contributed by atoms with van der Waals surface area (Å²) in [7, 11) is 0. The highest BCUT2D eigenvalue weighted by atomic mass is 16.5. The molecule has 0 aliphatic carbocycles. The molecule has 2 fully saturated rings. The second kappa shape index (κ2) is 7.60. The minimum absolute atomic E-state index is 0.106. The molecule has 4 nitrogen and oxygen atoms in total. The Morgan fingerprint density at radius 3 is 2.58 bits per heavy atom. The zero-order chi connectivity index (χ0) is 17.9. The maximum absolute atomic E-state index is 12.7. The second-order valence-corrected chi connectivity index (χ2v) is 7.35. The minimum atomic E-state index is 0.106. The Kier molecular flexibility index (Phi) is 5.05. The van der Waals surface area contributed by atoms with E-state index in [0.717, 1.165) is 19.6 Å². The van der Waals surface area contributed by atoms with Crippen LogP contribution in [0.2, 0.25) is 0 Å². The highest BCUT2D eigenvalue weighted by Crippen LogP contribution is 2.26. The standard InChI is InChI=1S/C22H26N2O2/c1-17-7-5-6-10-19(17)14-23-15-20-21(16-23)26-12-11-22(25)24(20)13-18-8-3-2-4-9-18/h2-10,20-21H,11-16H2,1H3/t20-,21-/m0/s1. The van der Waals surface area contributed by atoms with Crippen molar-refractivity contribution in [2.24, 2.45) is 0 Å². The number of carbonyl (C=O) groups is 1. The Bertz CT molecular complexity index is 762. The van der Waals surface area contributed by atoms with Crippen LogP contribution in [-0.2, 0) is 22.6 Å². The molecular weight excluding hydrogens is 324 g/mol. The molecule has 0 saturated carbocycles. The fourth-order valence-corrected chi connectivity index (χ4v) is 4.07. The average Bonchev–Trinajstić information content (AvgIpc) is 2.98. The first-order chi connectivity index (χ1) is 12.7. The smallest absolute Gasteiger partial charge is 0.225 e. The van der Waals surface area contributed by atoms with Gasteiger partial charge in [0.15, 0.2) is 0 Å². The van der Waals surface area contributed by atoms with Crippen LogP contribution in [0.5, 0.6) is 0 Å². The van der Waals surface area contributed by atoms with E-state index in [2.05, 4.69) is 48.2 Å². The normalized spacial score (nSPS) is 23.7. The van der Waals surface area contributed by atoms with Crippen LogP contribution in [0, 0.1) is 6.92 Å². The molecule has 136 valence electrons. The van der Waals surface area contributed by atoms with Gasteiger partial charge in [-0.05, 0) is 23.6 Å². The van der Waals surface area contributed by atoms with Crippen LogP contribution in [0.3, 0.4) is 0 Å². The van der Waals surface area contributed by atoms with E-state index in [4.69, 9.17) is 4.74 Å². The van der Waals surface area contributed by atoms with Crippen molar-refractivity contribution in [2.75, 3.05) is 19.7 Å². The SMILES string of the molecule is Cc1ccccc1CN1C[C@@H]2OCCC(=O)N(Cc3ccccc3)[C@H]2C1. The van der Waals surface area contributed by atoms with Gasteiger partial charge in [0.1, 0.15) is 0 Å². The summed E-state index contributed by atoms with van der Waals surface area (Å²) in [5, 5.41) is 0. The van der Waals surface area contributed by atoms with Crippen LogP contribution in [0.15, 0.2) is 54.6 Å². The van der Waals surface area contributed by atoms with Gasteiger partial charge in [0.2, 0.25) is 5.91 Å². The number of ether oxygens (including phenoxy) is 1. The Hall–Kier alpha value is -2.17. The summed E-state index contributed by atoms with van der Waals surface area (Å²) in [4.78, 5) is 17.2. The average molecular weight is 350 g/mol. The van der Waals surface area contributed by atoms with Gasteiger partial charge in [0.25, 0.3) is 0 Å². The van der Waals surface area contributed by atoms with Gasteiger partial charge in [0, 0.05) is 26.2 Å². The lowest BCUT2D eigenvalue weighted by Crippen LogP contribution is -2.45. The van der Waals surface area contributed by atoms with Crippen molar-refractivity contribution in [1.82, 2.24) is 9.80 Å². The number of likely N-dealkylation sites (tertiary alicyclic amines) is 1. The van der Waals surface area contributed by atoms with Crippen molar-refractivity contribution < 1.29 is 9.53 Å². The van der Waals surface area contributed by atoms with Gasteiger partial charge in [-0.2, -0.15) is 0 Å². The van der Waals surface area contributed by atoms with Crippen molar-refractivity contribution in [3.8, 4) is 0 Å². The maximum Gasteiger partial charge on any atom is 0.225 e. The Morgan fingerprint density at radius 1 is 1.00 bits per heavy atom. The number of rotatable bonds is 4. The number of amides is 1. The van der Waals surface area contributed by atoms with Crippen molar-refractivity contribution in [3.05, 3.63) is 71.3 Å². The Labute approximate surface area is 155 Å². The number of fused-ring (bicyclic) bond motifs is 1. The largest absolute Gasteiger partial charge is 0.374 e. The molecule has 0 bridgehead atoms. The van der Waals surface area contributed by atoms with Crippen LogP contribution in [0.25, 0.3) is 0 Å². The number of nitrogens with zero attached hydrogens (tertiary/aromatic N) is 2. The molecule has 2 saturated heterocycles. The van der Waals surface area contributed by atoms with Gasteiger partial charge in [-0.25, -0.2) is 0 Å². The van der Waals surface area contributed by atoms with Gasteiger partial charge in [0.05, 0.1) is 25.2 Å². The van der Waals surface area contributed by atoms with E-state index < -0.39 is 0 Å². The predicted octanol–water partition coefficient (Wildman–Crippen LogP) is 3.00. The zero-order valence-corrected chi connectivity index (χ0v) is 15.3. The molecule has 0 spiro atoms. The van der Waals surface area contributed by atoms with Crippen LogP contribution in [0.1, 0.15) is 23.1 Å². The van der Waals surface area contributed by atoms with Crippen LogP contribution in [-0.4, -0.2) is 47.5 Å². The van der Waals surface area contributed by atoms with Crippen molar-refractivity contribution in [3.63, 3.8) is 0 Å². The van der Waals surface area contributed by atoms with Crippen molar-refractivity contribution >= 4 is 5.91 Å². The topological polar surface area (TPSA) is 32.8 Å². The van der Waals surface area contributed by atoms with Gasteiger partial charge in [-0.15, -0.1) is 0 Å². The molecule has 1 amide bonds. The third-order valence-corrected chi connectivity index (χ3v) is 5.53. The molecule has 2 aliphatic heterocycles.